The highest BCUT2D eigenvalue weighted by molar-refractivity contribution is 7.14. The van der Waals surface area contributed by atoms with Gasteiger partial charge in [0.2, 0.25) is 5.91 Å². The van der Waals surface area contributed by atoms with Crippen molar-refractivity contribution in [3.05, 3.63) is 35.4 Å². The molecular formula is C15H17N5O2S. The Kier molecular flexibility index (Phi) is 4.92. The summed E-state index contributed by atoms with van der Waals surface area (Å²) in [6.45, 7) is 0. The summed E-state index contributed by atoms with van der Waals surface area (Å²) >= 11 is 1.29. The van der Waals surface area contributed by atoms with E-state index in [9.17, 15) is 9.59 Å². The lowest BCUT2D eigenvalue weighted by atomic mass is 10.2. The maximum absolute atomic E-state index is 12.0. The zero-order chi connectivity index (χ0) is 16.1. The fraction of sp³-hybridized carbons (Fsp3) is 0.400. The number of thiazole rings is 1. The SMILES string of the molecule is O=C(Cc1csc(NC(=O)c2cnccn2)n1)NC1CCCC1. The molecule has 0 saturated heterocycles. The van der Waals surface area contributed by atoms with Crippen LogP contribution in [0.15, 0.2) is 24.0 Å². The van der Waals surface area contributed by atoms with E-state index >= 15 is 0 Å². The van der Waals surface area contributed by atoms with E-state index in [0.717, 1.165) is 12.8 Å². The van der Waals surface area contributed by atoms with Gasteiger partial charge in [0.1, 0.15) is 5.69 Å². The van der Waals surface area contributed by atoms with Crippen LogP contribution in [0, 0.1) is 0 Å². The van der Waals surface area contributed by atoms with E-state index in [2.05, 4.69) is 25.6 Å². The zero-order valence-electron chi connectivity index (χ0n) is 12.5. The molecule has 0 aliphatic heterocycles. The van der Waals surface area contributed by atoms with Gasteiger partial charge in [-0.15, -0.1) is 11.3 Å². The minimum Gasteiger partial charge on any atom is -0.353 e. The number of hydrogen-bond acceptors (Lipinski definition) is 6. The maximum Gasteiger partial charge on any atom is 0.277 e. The average molecular weight is 331 g/mol. The third-order valence-corrected chi connectivity index (χ3v) is 4.44. The van der Waals surface area contributed by atoms with Crippen LogP contribution in [0.4, 0.5) is 5.13 Å². The van der Waals surface area contributed by atoms with E-state index in [0.29, 0.717) is 16.9 Å². The van der Waals surface area contributed by atoms with Gasteiger partial charge in [0.15, 0.2) is 5.13 Å². The molecule has 2 aromatic rings. The zero-order valence-corrected chi connectivity index (χ0v) is 13.3. The molecule has 23 heavy (non-hydrogen) atoms. The van der Waals surface area contributed by atoms with E-state index in [4.69, 9.17) is 0 Å². The summed E-state index contributed by atoms with van der Waals surface area (Å²) in [5.74, 6) is -0.386. The molecule has 0 atom stereocenters. The van der Waals surface area contributed by atoms with Gasteiger partial charge in [0.25, 0.3) is 5.91 Å². The summed E-state index contributed by atoms with van der Waals surface area (Å²) in [6.07, 6.45) is 9.05. The quantitative estimate of drug-likeness (QED) is 0.870. The molecule has 0 aromatic carbocycles. The van der Waals surface area contributed by atoms with Crippen molar-refractivity contribution in [3.63, 3.8) is 0 Å². The van der Waals surface area contributed by atoms with Gasteiger partial charge in [-0.05, 0) is 12.8 Å². The third kappa shape index (κ3) is 4.32. The molecule has 2 heterocycles. The monoisotopic (exact) mass is 331 g/mol. The van der Waals surface area contributed by atoms with Gasteiger partial charge >= 0.3 is 0 Å². The lowest BCUT2D eigenvalue weighted by Crippen LogP contribution is -2.33. The standard InChI is InChI=1S/C15H17N5O2S/c21-13(18-10-3-1-2-4-10)7-11-9-23-15(19-11)20-14(22)12-8-16-5-6-17-12/h5-6,8-10H,1-4,7H2,(H,18,21)(H,19,20,22). The summed E-state index contributed by atoms with van der Waals surface area (Å²) in [5.41, 5.74) is 0.878. The van der Waals surface area contributed by atoms with Crippen LogP contribution in [-0.4, -0.2) is 32.8 Å². The number of carbonyl (C=O) groups is 2. The Morgan fingerprint density at radius 3 is 2.83 bits per heavy atom. The summed E-state index contributed by atoms with van der Waals surface area (Å²) < 4.78 is 0. The van der Waals surface area contributed by atoms with Gasteiger partial charge in [-0.25, -0.2) is 9.97 Å². The number of aromatic nitrogens is 3. The first-order chi connectivity index (χ1) is 11.2. The molecule has 0 unspecified atom stereocenters. The summed E-state index contributed by atoms with van der Waals surface area (Å²) in [5, 5.41) is 7.91. The molecule has 120 valence electrons. The second-order valence-corrected chi connectivity index (χ2v) is 6.27. The molecule has 1 saturated carbocycles. The first kappa shape index (κ1) is 15.5. The molecule has 3 rings (SSSR count). The molecule has 2 N–H and O–H groups in total. The molecule has 2 aromatic heterocycles. The number of nitrogens with one attached hydrogen (secondary N) is 2. The minimum atomic E-state index is -0.366. The lowest BCUT2D eigenvalue weighted by Gasteiger charge is -2.10. The van der Waals surface area contributed by atoms with Gasteiger partial charge in [0.05, 0.1) is 18.3 Å². The Morgan fingerprint density at radius 1 is 1.26 bits per heavy atom. The van der Waals surface area contributed by atoms with Crippen LogP contribution in [-0.2, 0) is 11.2 Å². The van der Waals surface area contributed by atoms with Gasteiger partial charge < -0.3 is 5.32 Å². The minimum absolute atomic E-state index is 0.0194. The van der Waals surface area contributed by atoms with E-state index in [1.165, 1.54) is 42.8 Å². The van der Waals surface area contributed by atoms with Crippen LogP contribution in [0.1, 0.15) is 41.9 Å². The number of amides is 2. The first-order valence-corrected chi connectivity index (χ1v) is 8.40. The molecule has 0 radical (unpaired) electrons. The molecule has 8 heteroatoms. The van der Waals surface area contributed by atoms with Gasteiger partial charge in [-0.3, -0.25) is 19.9 Å². The molecule has 7 nitrogen and oxygen atoms in total. The fourth-order valence-electron chi connectivity index (χ4n) is 2.54. The Bertz CT molecular complexity index is 682. The second-order valence-electron chi connectivity index (χ2n) is 5.41. The normalized spacial score (nSPS) is 14.6. The number of anilines is 1. The number of rotatable bonds is 5. The van der Waals surface area contributed by atoms with Crippen LogP contribution >= 0.6 is 11.3 Å². The van der Waals surface area contributed by atoms with Crippen molar-refractivity contribution in [2.24, 2.45) is 0 Å². The van der Waals surface area contributed by atoms with Gasteiger partial charge in [-0.2, -0.15) is 0 Å². The highest BCUT2D eigenvalue weighted by Crippen LogP contribution is 2.19. The van der Waals surface area contributed by atoms with Crippen LogP contribution < -0.4 is 10.6 Å². The predicted molar refractivity (Wildman–Crippen MR) is 86.2 cm³/mol. The smallest absolute Gasteiger partial charge is 0.277 e. The summed E-state index contributed by atoms with van der Waals surface area (Å²) in [4.78, 5) is 36.0. The average Bonchev–Trinajstić information content (AvgIpc) is 3.20. The Hall–Kier alpha value is -2.35. The van der Waals surface area contributed by atoms with Crippen LogP contribution in [0.25, 0.3) is 0 Å². The Balaban J connectivity index is 1.53. The summed E-state index contributed by atoms with van der Waals surface area (Å²) in [7, 11) is 0. The fourth-order valence-corrected chi connectivity index (χ4v) is 3.24. The molecule has 0 bridgehead atoms. The summed E-state index contributed by atoms with van der Waals surface area (Å²) in [6, 6.07) is 0.303. The Morgan fingerprint density at radius 2 is 2.09 bits per heavy atom. The third-order valence-electron chi connectivity index (χ3n) is 3.63. The highest BCUT2D eigenvalue weighted by Gasteiger charge is 2.18. The molecule has 1 aliphatic rings. The highest BCUT2D eigenvalue weighted by atomic mass is 32.1. The van der Waals surface area contributed by atoms with Crippen molar-refractivity contribution in [3.8, 4) is 0 Å². The molecular weight excluding hydrogens is 314 g/mol. The molecule has 1 aliphatic carbocycles. The topological polar surface area (TPSA) is 96.9 Å². The molecule has 1 fully saturated rings. The Labute approximate surface area is 137 Å². The molecule has 0 spiro atoms. The largest absolute Gasteiger partial charge is 0.353 e. The molecule has 2 amide bonds. The van der Waals surface area contributed by atoms with Crippen molar-refractivity contribution in [1.82, 2.24) is 20.3 Å². The maximum atomic E-state index is 12.0. The van der Waals surface area contributed by atoms with Crippen molar-refractivity contribution in [2.75, 3.05) is 5.32 Å². The predicted octanol–water partition coefficient (Wildman–Crippen LogP) is 1.79. The number of hydrogen-bond donors (Lipinski definition) is 2. The van der Waals surface area contributed by atoms with Crippen molar-refractivity contribution < 1.29 is 9.59 Å². The number of nitrogens with zero attached hydrogens (tertiary/aromatic N) is 3. The van der Waals surface area contributed by atoms with E-state index < -0.39 is 0 Å². The van der Waals surface area contributed by atoms with Crippen molar-refractivity contribution in [1.29, 1.82) is 0 Å². The van der Waals surface area contributed by atoms with E-state index in [1.807, 2.05) is 0 Å². The van der Waals surface area contributed by atoms with Crippen molar-refractivity contribution >= 4 is 28.3 Å². The second kappa shape index (κ2) is 7.28. The van der Waals surface area contributed by atoms with Gasteiger partial charge in [-0.1, -0.05) is 12.8 Å². The van der Waals surface area contributed by atoms with E-state index in [1.54, 1.807) is 5.38 Å². The number of carbonyl (C=O) groups excluding carboxylic acids is 2. The van der Waals surface area contributed by atoms with Crippen LogP contribution in [0.2, 0.25) is 0 Å². The van der Waals surface area contributed by atoms with Crippen LogP contribution in [0.5, 0.6) is 0 Å². The van der Waals surface area contributed by atoms with Gasteiger partial charge in [0, 0.05) is 23.8 Å². The van der Waals surface area contributed by atoms with Crippen molar-refractivity contribution in [2.45, 2.75) is 38.1 Å². The lowest BCUT2D eigenvalue weighted by molar-refractivity contribution is -0.121. The van der Waals surface area contributed by atoms with Crippen LogP contribution in [0.3, 0.4) is 0 Å². The first-order valence-electron chi connectivity index (χ1n) is 7.52. The van der Waals surface area contributed by atoms with E-state index in [-0.39, 0.29) is 23.9 Å².